The van der Waals surface area contributed by atoms with Crippen LogP contribution in [0.1, 0.15) is 45.4 Å². The minimum atomic E-state index is -1.13. The number of carboxylic acids is 1. The first-order valence-electron chi connectivity index (χ1n) is 6.99. The molecule has 3 atom stereocenters. The molecule has 19 heavy (non-hydrogen) atoms. The normalized spacial score (nSPS) is 24.5. The summed E-state index contributed by atoms with van der Waals surface area (Å²) in [6.45, 7) is 1.84. The Kier molecular flexibility index (Phi) is 6.62. The van der Waals surface area contributed by atoms with Gasteiger partial charge in [0.25, 0.3) is 0 Å². The molecule has 6 heteroatoms. The van der Waals surface area contributed by atoms with Gasteiger partial charge in [0.05, 0.1) is 0 Å². The molecule has 0 aliphatic heterocycles. The van der Waals surface area contributed by atoms with Crippen LogP contribution in [0.25, 0.3) is 0 Å². The highest BCUT2D eigenvalue weighted by Crippen LogP contribution is 2.26. The van der Waals surface area contributed by atoms with Crippen molar-refractivity contribution in [3.63, 3.8) is 0 Å². The van der Waals surface area contributed by atoms with Gasteiger partial charge in [0.1, 0.15) is 6.04 Å². The molecular weight excluding hydrogens is 248 g/mol. The van der Waals surface area contributed by atoms with Gasteiger partial charge >= 0.3 is 12.0 Å². The fourth-order valence-electron chi connectivity index (χ4n) is 2.64. The van der Waals surface area contributed by atoms with E-state index in [-0.39, 0.29) is 19.1 Å². The second-order valence-electron chi connectivity index (χ2n) is 5.08. The summed E-state index contributed by atoms with van der Waals surface area (Å²) in [6, 6.07) is -1.36. The van der Waals surface area contributed by atoms with Crippen molar-refractivity contribution in [3.8, 4) is 0 Å². The summed E-state index contributed by atoms with van der Waals surface area (Å²) in [5.74, 6) is -0.652. The largest absolute Gasteiger partial charge is 0.480 e. The Morgan fingerprint density at radius 2 is 2.00 bits per heavy atom. The third kappa shape index (κ3) is 5.06. The molecule has 0 saturated heterocycles. The standard InChI is InChI=1S/C13H24N2O4/c1-2-9-5-3-4-6-10(9)14-13(19)15-11(7-8-16)12(17)18/h9-11,16H,2-8H2,1H3,(H,17,18)(H2,14,15,19)/t9?,10?,11-/m0/s1. The fourth-order valence-corrected chi connectivity index (χ4v) is 2.64. The Morgan fingerprint density at radius 3 is 2.58 bits per heavy atom. The van der Waals surface area contributed by atoms with Crippen LogP contribution in [0.3, 0.4) is 0 Å². The van der Waals surface area contributed by atoms with Crippen LogP contribution in [-0.2, 0) is 4.79 Å². The van der Waals surface area contributed by atoms with E-state index in [4.69, 9.17) is 10.2 Å². The smallest absolute Gasteiger partial charge is 0.326 e. The van der Waals surface area contributed by atoms with Gasteiger partial charge in [-0.1, -0.05) is 26.2 Å². The summed E-state index contributed by atoms with van der Waals surface area (Å²) >= 11 is 0. The molecule has 2 unspecified atom stereocenters. The number of hydrogen-bond acceptors (Lipinski definition) is 3. The maximum Gasteiger partial charge on any atom is 0.326 e. The van der Waals surface area contributed by atoms with Gasteiger partial charge in [-0.25, -0.2) is 9.59 Å². The molecule has 4 N–H and O–H groups in total. The number of carbonyl (C=O) groups is 2. The molecule has 0 aromatic heterocycles. The Balaban J connectivity index is 2.46. The summed E-state index contributed by atoms with van der Waals surface area (Å²) in [4.78, 5) is 22.7. The number of amides is 2. The first kappa shape index (κ1) is 15.8. The number of urea groups is 1. The molecule has 0 aromatic rings. The predicted octanol–water partition coefficient (Wildman–Crippen LogP) is 1.09. The van der Waals surface area contributed by atoms with Crippen molar-refractivity contribution in [2.24, 2.45) is 5.92 Å². The van der Waals surface area contributed by atoms with E-state index < -0.39 is 18.0 Å². The zero-order chi connectivity index (χ0) is 14.3. The number of aliphatic carboxylic acids is 1. The average Bonchev–Trinajstić information content (AvgIpc) is 2.38. The van der Waals surface area contributed by atoms with E-state index in [0.29, 0.717) is 5.92 Å². The van der Waals surface area contributed by atoms with Crippen LogP contribution < -0.4 is 10.6 Å². The first-order chi connectivity index (χ1) is 9.08. The molecule has 0 bridgehead atoms. The van der Waals surface area contributed by atoms with Crippen LogP contribution in [0.4, 0.5) is 4.79 Å². The molecule has 6 nitrogen and oxygen atoms in total. The highest BCUT2D eigenvalue weighted by molar-refractivity contribution is 5.82. The van der Waals surface area contributed by atoms with Crippen molar-refractivity contribution >= 4 is 12.0 Å². The number of rotatable bonds is 6. The summed E-state index contributed by atoms with van der Waals surface area (Å²) in [7, 11) is 0. The molecule has 0 heterocycles. The third-order valence-corrected chi connectivity index (χ3v) is 3.77. The Bertz CT molecular complexity index is 309. The quantitative estimate of drug-likeness (QED) is 0.581. The van der Waals surface area contributed by atoms with Gasteiger partial charge in [-0.15, -0.1) is 0 Å². The summed E-state index contributed by atoms with van der Waals surface area (Å²) in [5.41, 5.74) is 0. The molecule has 0 spiro atoms. The highest BCUT2D eigenvalue weighted by Gasteiger charge is 2.26. The average molecular weight is 272 g/mol. The molecule has 1 aliphatic carbocycles. The summed E-state index contributed by atoms with van der Waals surface area (Å²) < 4.78 is 0. The van der Waals surface area contributed by atoms with Crippen LogP contribution >= 0.6 is 0 Å². The van der Waals surface area contributed by atoms with Crippen molar-refractivity contribution in [3.05, 3.63) is 0 Å². The molecule has 1 saturated carbocycles. The summed E-state index contributed by atoms with van der Waals surface area (Å²) in [5, 5.41) is 22.9. The van der Waals surface area contributed by atoms with Crippen molar-refractivity contribution in [2.45, 2.75) is 57.5 Å². The van der Waals surface area contributed by atoms with Crippen molar-refractivity contribution < 1.29 is 19.8 Å². The van der Waals surface area contributed by atoms with Crippen LogP contribution in [0.5, 0.6) is 0 Å². The number of aliphatic hydroxyl groups excluding tert-OH is 1. The molecule has 110 valence electrons. The van der Waals surface area contributed by atoms with Gasteiger partial charge in [-0.2, -0.15) is 0 Å². The van der Waals surface area contributed by atoms with Crippen molar-refractivity contribution in [2.75, 3.05) is 6.61 Å². The molecule has 0 aromatic carbocycles. The lowest BCUT2D eigenvalue weighted by Crippen LogP contribution is -2.51. The second kappa shape index (κ2) is 7.99. The van der Waals surface area contributed by atoms with Crippen molar-refractivity contribution in [1.29, 1.82) is 0 Å². The Labute approximate surface area is 113 Å². The predicted molar refractivity (Wildman–Crippen MR) is 70.8 cm³/mol. The number of nitrogens with one attached hydrogen (secondary N) is 2. The van der Waals surface area contributed by atoms with E-state index in [9.17, 15) is 9.59 Å². The number of hydrogen-bond donors (Lipinski definition) is 4. The topological polar surface area (TPSA) is 98.7 Å². The number of aliphatic hydroxyl groups is 1. The molecule has 1 fully saturated rings. The third-order valence-electron chi connectivity index (χ3n) is 3.77. The minimum absolute atomic E-state index is 0.0185. The fraction of sp³-hybridized carbons (Fsp3) is 0.846. The van der Waals surface area contributed by atoms with Gasteiger partial charge in [0, 0.05) is 19.1 Å². The molecule has 2 amide bonds. The van der Waals surface area contributed by atoms with Gasteiger partial charge in [0.2, 0.25) is 0 Å². The van der Waals surface area contributed by atoms with E-state index in [0.717, 1.165) is 25.7 Å². The van der Waals surface area contributed by atoms with Crippen LogP contribution in [0.2, 0.25) is 0 Å². The maximum absolute atomic E-state index is 11.8. The van der Waals surface area contributed by atoms with E-state index in [2.05, 4.69) is 17.6 Å². The van der Waals surface area contributed by atoms with E-state index >= 15 is 0 Å². The lowest BCUT2D eigenvalue weighted by molar-refractivity contribution is -0.139. The zero-order valence-corrected chi connectivity index (χ0v) is 11.4. The Hall–Kier alpha value is -1.30. The number of carbonyl (C=O) groups excluding carboxylic acids is 1. The van der Waals surface area contributed by atoms with Crippen LogP contribution in [-0.4, -0.2) is 40.9 Å². The first-order valence-corrected chi connectivity index (χ1v) is 6.99. The van der Waals surface area contributed by atoms with Crippen LogP contribution in [0.15, 0.2) is 0 Å². The molecule has 0 radical (unpaired) electrons. The van der Waals surface area contributed by atoms with E-state index in [1.54, 1.807) is 0 Å². The van der Waals surface area contributed by atoms with Gasteiger partial charge in [-0.05, 0) is 18.8 Å². The van der Waals surface area contributed by atoms with Gasteiger partial charge in [-0.3, -0.25) is 0 Å². The lowest BCUT2D eigenvalue weighted by Gasteiger charge is -2.31. The number of carboxylic acid groups (broad SMARTS) is 1. The van der Waals surface area contributed by atoms with E-state index in [1.807, 2.05) is 0 Å². The van der Waals surface area contributed by atoms with E-state index in [1.165, 1.54) is 6.42 Å². The summed E-state index contributed by atoms with van der Waals surface area (Å²) in [6.07, 6.45) is 5.39. The molecule has 1 rings (SSSR count). The van der Waals surface area contributed by atoms with Crippen LogP contribution in [0, 0.1) is 5.92 Å². The SMILES string of the molecule is CCC1CCCCC1NC(=O)N[C@@H](CCO)C(=O)O. The minimum Gasteiger partial charge on any atom is -0.480 e. The van der Waals surface area contributed by atoms with Gasteiger partial charge in [0.15, 0.2) is 0 Å². The monoisotopic (exact) mass is 272 g/mol. The van der Waals surface area contributed by atoms with Gasteiger partial charge < -0.3 is 20.8 Å². The maximum atomic E-state index is 11.8. The lowest BCUT2D eigenvalue weighted by atomic mass is 9.83. The van der Waals surface area contributed by atoms with Crippen molar-refractivity contribution in [1.82, 2.24) is 10.6 Å². The highest BCUT2D eigenvalue weighted by atomic mass is 16.4. The second-order valence-corrected chi connectivity index (χ2v) is 5.08. The molecule has 1 aliphatic rings. The Morgan fingerprint density at radius 1 is 1.32 bits per heavy atom. The molecular formula is C13H24N2O4. The zero-order valence-electron chi connectivity index (χ0n) is 11.4.